The first-order valence-corrected chi connectivity index (χ1v) is 11.4. The fourth-order valence-electron chi connectivity index (χ4n) is 3.44. The molecule has 0 bridgehead atoms. The lowest BCUT2D eigenvalue weighted by atomic mass is 10.1. The van der Waals surface area contributed by atoms with E-state index in [9.17, 15) is 0 Å². The molecule has 0 atom stereocenters. The zero-order valence-corrected chi connectivity index (χ0v) is 18.7. The Morgan fingerprint density at radius 1 is 1.00 bits per heavy atom. The minimum atomic E-state index is 0.608. The molecule has 0 saturated heterocycles. The first kappa shape index (κ1) is 24.0. The van der Waals surface area contributed by atoms with E-state index in [1.165, 1.54) is 0 Å². The maximum atomic E-state index is 5.81. The van der Waals surface area contributed by atoms with Gasteiger partial charge in [0.2, 0.25) is 0 Å². The molecule has 1 aromatic rings. The second-order valence-corrected chi connectivity index (χ2v) is 7.29. The third-order valence-electron chi connectivity index (χ3n) is 5.11. The summed E-state index contributed by atoms with van der Waals surface area (Å²) < 4.78 is 16.9. The summed E-state index contributed by atoms with van der Waals surface area (Å²) in [5.74, 6) is 1.88. The number of ether oxygens (including phenoxy) is 3. The Kier molecular flexibility index (Phi) is 12.1. The van der Waals surface area contributed by atoms with Crippen molar-refractivity contribution in [2.75, 3.05) is 64.5 Å². The van der Waals surface area contributed by atoms with Gasteiger partial charge in [0.25, 0.3) is 0 Å². The SMILES string of the molecule is CCOCCN(CCCNc1nc(CC)nc2c1COCCCC2)CCOCC. The molecular formula is C22H40N4O3. The Labute approximate surface area is 176 Å². The third-order valence-corrected chi connectivity index (χ3v) is 5.11. The number of aromatic nitrogens is 2. The van der Waals surface area contributed by atoms with Crippen LogP contribution in [-0.4, -0.2) is 74.1 Å². The van der Waals surface area contributed by atoms with Gasteiger partial charge in [0.15, 0.2) is 0 Å². The maximum absolute atomic E-state index is 5.81. The van der Waals surface area contributed by atoms with Gasteiger partial charge in [0.1, 0.15) is 11.6 Å². The topological polar surface area (TPSA) is 68.7 Å². The van der Waals surface area contributed by atoms with Crippen LogP contribution in [0.5, 0.6) is 0 Å². The molecule has 2 heterocycles. The van der Waals surface area contributed by atoms with Crippen molar-refractivity contribution in [1.29, 1.82) is 0 Å². The summed E-state index contributed by atoms with van der Waals surface area (Å²) in [7, 11) is 0. The predicted molar refractivity (Wildman–Crippen MR) is 117 cm³/mol. The quantitative estimate of drug-likeness (QED) is 0.475. The molecule has 7 heteroatoms. The fraction of sp³-hybridized carbons (Fsp3) is 0.818. The molecule has 7 nitrogen and oxygen atoms in total. The number of hydrogen-bond acceptors (Lipinski definition) is 7. The third kappa shape index (κ3) is 8.95. The highest BCUT2D eigenvalue weighted by molar-refractivity contribution is 5.46. The summed E-state index contributed by atoms with van der Waals surface area (Å²) in [5.41, 5.74) is 2.31. The summed E-state index contributed by atoms with van der Waals surface area (Å²) in [5, 5.41) is 3.57. The largest absolute Gasteiger partial charge is 0.380 e. The number of fused-ring (bicyclic) bond motifs is 1. The van der Waals surface area contributed by atoms with E-state index in [4.69, 9.17) is 24.2 Å². The molecule has 2 rings (SSSR count). The molecule has 0 aromatic carbocycles. The van der Waals surface area contributed by atoms with E-state index in [0.29, 0.717) is 6.61 Å². The fourth-order valence-corrected chi connectivity index (χ4v) is 3.44. The van der Waals surface area contributed by atoms with Crippen LogP contribution in [0, 0.1) is 0 Å². The van der Waals surface area contributed by atoms with Gasteiger partial charge in [0, 0.05) is 51.4 Å². The second-order valence-electron chi connectivity index (χ2n) is 7.29. The molecule has 0 saturated carbocycles. The van der Waals surface area contributed by atoms with Gasteiger partial charge in [-0.2, -0.15) is 0 Å². The summed E-state index contributed by atoms with van der Waals surface area (Å²) in [6.07, 6.45) is 5.14. The van der Waals surface area contributed by atoms with Crippen molar-refractivity contribution in [3.05, 3.63) is 17.1 Å². The first-order chi connectivity index (χ1) is 14.3. The van der Waals surface area contributed by atoms with Crippen molar-refractivity contribution in [3.8, 4) is 0 Å². The molecule has 1 aliphatic heterocycles. The zero-order valence-electron chi connectivity index (χ0n) is 18.7. The van der Waals surface area contributed by atoms with Crippen LogP contribution in [0.3, 0.4) is 0 Å². The van der Waals surface area contributed by atoms with Crippen molar-refractivity contribution in [3.63, 3.8) is 0 Å². The highest BCUT2D eigenvalue weighted by Gasteiger charge is 2.16. The van der Waals surface area contributed by atoms with Gasteiger partial charge in [-0.05, 0) is 46.1 Å². The summed E-state index contributed by atoms with van der Waals surface area (Å²) in [6, 6.07) is 0. The molecule has 1 N–H and O–H groups in total. The first-order valence-electron chi connectivity index (χ1n) is 11.4. The van der Waals surface area contributed by atoms with E-state index in [2.05, 4.69) is 17.1 Å². The Hall–Kier alpha value is -1.28. The van der Waals surface area contributed by atoms with E-state index in [-0.39, 0.29) is 0 Å². The number of rotatable bonds is 14. The summed E-state index contributed by atoms with van der Waals surface area (Å²) in [6.45, 7) is 14.5. The molecule has 0 fully saturated rings. The molecule has 1 aromatic heterocycles. The van der Waals surface area contributed by atoms with Gasteiger partial charge >= 0.3 is 0 Å². The van der Waals surface area contributed by atoms with Crippen LogP contribution in [0.15, 0.2) is 0 Å². The zero-order chi connectivity index (χ0) is 20.7. The molecule has 166 valence electrons. The van der Waals surface area contributed by atoms with Crippen LogP contribution in [0.1, 0.15) is 57.1 Å². The van der Waals surface area contributed by atoms with Crippen LogP contribution in [-0.2, 0) is 33.7 Å². The summed E-state index contributed by atoms with van der Waals surface area (Å²) in [4.78, 5) is 11.9. The van der Waals surface area contributed by atoms with Gasteiger partial charge in [0.05, 0.1) is 25.5 Å². The van der Waals surface area contributed by atoms with E-state index in [1.54, 1.807) is 0 Å². The second kappa shape index (κ2) is 14.7. The average Bonchev–Trinajstić information content (AvgIpc) is 2.71. The molecular weight excluding hydrogens is 368 g/mol. The standard InChI is InChI=1S/C22H40N4O3/c1-4-21-24-20-10-7-8-15-29-18-19(20)22(25-21)23-11-9-12-26(13-16-27-5-2)14-17-28-6-3/h4-18H2,1-3H3,(H,23,24,25). The maximum Gasteiger partial charge on any atom is 0.135 e. The van der Waals surface area contributed by atoms with E-state index >= 15 is 0 Å². The van der Waals surface area contributed by atoms with Crippen molar-refractivity contribution < 1.29 is 14.2 Å². The number of nitrogens with one attached hydrogen (secondary N) is 1. The molecule has 0 unspecified atom stereocenters. The molecule has 0 amide bonds. The number of anilines is 1. The Morgan fingerprint density at radius 2 is 1.76 bits per heavy atom. The van der Waals surface area contributed by atoms with E-state index < -0.39 is 0 Å². The van der Waals surface area contributed by atoms with Gasteiger partial charge in [-0.15, -0.1) is 0 Å². The lowest BCUT2D eigenvalue weighted by molar-refractivity contribution is 0.0827. The van der Waals surface area contributed by atoms with Crippen LogP contribution in [0.4, 0.5) is 5.82 Å². The minimum absolute atomic E-state index is 0.608. The monoisotopic (exact) mass is 408 g/mol. The Balaban J connectivity index is 1.89. The smallest absolute Gasteiger partial charge is 0.135 e. The molecule has 1 aliphatic rings. The Bertz CT molecular complexity index is 561. The van der Waals surface area contributed by atoms with E-state index in [1.807, 2.05) is 13.8 Å². The van der Waals surface area contributed by atoms with Gasteiger partial charge < -0.3 is 19.5 Å². The Morgan fingerprint density at radius 3 is 2.45 bits per heavy atom. The molecule has 0 aliphatic carbocycles. The van der Waals surface area contributed by atoms with Crippen LogP contribution in [0.2, 0.25) is 0 Å². The lowest BCUT2D eigenvalue weighted by Gasteiger charge is -2.23. The van der Waals surface area contributed by atoms with Crippen molar-refractivity contribution >= 4 is 5.82 Å². The number of hydrogen-bond donors (Lipinski definition) is 1. The van der Waals surface area contributed by atoms with Gasteiger partial charge in [-0.1, -0.05) is 6.92 Å². The predicted octanol–water partition coefficient (Wildman–Crippen LogP) is 3.07. The average molecular weight is 409 g/mol. The molecule has 29 heavy (non-hydrogen) atoms. The minimum Gasteiger partial charge on any atom is -0.380 e. The number of nitrogens with zero attached hydrogens (tertiary/aromatic N) is 3. The van der Waals surface area contributed by atoms with Crippen LogP contribution < -0.4 is 5.32 Å². The van der Waals surface area contributed by atoms with Crippen LogP contribution in [0.25, 0.3) is 0 Å². The molecule has 0 spiro atoms. The normalized spacial score (nSPS) is 14.5. The van der Waals surface area contributed by atoms with Crippen molar-refractivity contribution in [1.82, 2.24) is 14.9 Å². The number of aryl methyl sites for hydroxylation is 2. The molecule has 0 radical (unpaired) electrons. The summed E-state index contributed by atoms with van der Waals surface area (Å²) >= 11 is 0. The van der Waals surface area contributed by atoms with E-state index in [0.717, 1.165) is 114 Å². The highest BCUT2D eigenvalue weighted by atomic mass is 16.5. The highest BCUT2D eigenvalue weighted by Crippen LogP contribution is 2.22. The van der Waals surface area contributed by atoms with Crippen molar-refractivity contribution in [2.24, 2.45) is 0 Å². The van der Waals surface area contributed by atoms with Gasteiger partial charge in [-0.25, -0.2) is 9.97 Å². The lowest BCUT2D eigenvalue weighted by Crippen LogP contribution is -2.33. The van der Waals surface area contributed by atoms with Gasteiger partial charge in [-0.3, -0.25) is 4.90 Å². The van der Waals surface area contributed by atoms with Crippen molar-refractivity contribution in [2.45, 2.75) is 59.5 Å². The van der Waals surface area contributed by atoms with Crippen LogP contribution >= 0.6 is 0 Å².